The fraction of sp³-hybridized carbons (Fsp3) is 0.179. The van der Waals surface area contributed by atoms with Gasteiger partial charge in [-0.1, -0.05) is 54.6 Å². The van der Waals surface area contributed by atoms with Gasteiger partial charge in [0.05, 0.1) is 18.5 Å². The van der Waals surface area contributed by atoms with Gasteiger partial charge in [0, 0.05) is 6.08 Å². The van der Waals surface area contributed by atoms with E-state index in [1.54, 1.807) is 13.8 Å². The standard InChI is InChI=1S/C28H29O4P/c1-4-31-27(29)21-26(28(30)32-5-2)22(3)33(23-15-9-6-10-16-23,24-17-11-7-12-18-24)25-19-13-8-14-20-25/h6-21H,4-5H2,1-3H3/p+1/b26-22-,27-21+. The van der Waals surface area contributed by atoms with Gasteiger partial charge in [0.25, 0.3) is 5.95 Å². The molecule has 0 saturated heterocycles. The molecule has 0 fully saturated rings. The summed E-state index contributed by atoms with van der Waals surface area (Å²) in [7, 11) is -2.49. The molecule has 0 aliphatic carbocycles. The van der Waals surface area contributed by atoms with E-state index in [0.717, 1.165) is 21.2 Å². The maximum absolute atomic E-state index is 13.2. The van der Waals surface area contributed by atoms with Crippen molar-refractivity contribution in [1.82, 2.24) is 0 Å². The Labute approximate surface area is 196 Å². The SMILES string of the molecule is CCOC(=O)C(/C=C(\O)OCC)=C(/C)[P+](c1ccccc1)(c1ccccc1)c1ccccc1. The second-order valence-electron chi connectivity index (χ2n) is 7.31. The van der Waals surface area contributed by atoms with Crippen LogP contribution in [0.4, 0.5) is 0 Å². The molecule has 0 amide bonds. The lowest BCUT2D eigenvalue weighted by Gasteiger charge is -2.29. The minimum atomic E-state index is -2.49. The summed E-state index contributed by atoms with van der Waals surface area (Å²) in [4.78, 5) is 13.2. The first-order valence-corrected chi connectivity index (χ1v) is 12.8. The van der Waals surface area contributed by atoms with E-state index in [4.69, 9.17) is 9.47 Å². The molecule has 0 heterocycles. The molecule has 1 N–H and O–H groups in total. The summed E-state index contributed by atoms with van der Waals surface area (Å²) in [6.07, 6.45) is 1.39. The molecule has 0 aliphatic heterocycles. The Hall–Kier alpha value is -3.36. The van der Waals surface area contributed by atoms with E-state index in [1.165, 1.54) is 6.08 Å². The molecule has 3 aromatic carbocycles. The molecule has 170 valence electrons. The summed E-state index contributed by atoms with van der Waals surface area (Å²) in [5.74, 6) is -0.805. The van der Waals surface area contributed by atoms with Gasteiger partial charge in [-0.3, -0.25) is 0 Å². The summed E-state index contributed by atoms with van der Waals surface area (Å²) < 4.78 is 10.7. The Morgan fingerprint density at radius 3 is 1.52 bits per heavy atom. The topological polar surface area (TPSA) is 55.8 Å². The lowest BCUT2D eigenvalue weighted by molar-refractivity contribution is -0.138. The molecule has 33 heavy (non-hydrogen) atoms. The number of aliphatic hydroxyl groups excluding tert-OH is 1. The van der Waals surface area contributed by atoms with Crippen LogP contribution in [-0.4, -0.2) is 24.3 Å². The van der Waals surface area contributed by atoms with E-state index in [2.05, 4.69) is 36.4 Å². The second kappa shape index (κ2) is 11.5. The molecular weight excluding hydrogens is 431 g/mol. The highest BCUT2D eigenvalue weighted by atomic mass is 31.2. The van der Waals surface area contributed by atoms with Crippen molar-refractivity contribution in [2.75, 3.05) is 13.2 Å². The van der Waals surface area contributed by atoms with Gasteiger partial charge in [-0.15, -0.1) is 0 Å². The van der Waals surface area contributed by atoms with Crippen molar-refractivity contribution >= 4 is 29.1 Å². The number of hydrogen-bond donors (Lipinski definition) is 1. The molecular formula is C28H30O4P+. The van der Waals surface area contributed by atoms with Gasteiger partial charge in [-0.05, 0) is 57.2 Å². The lowest BCUT2D eigenvalue weighted by Crippen LogP contribution is -2.33. The molecule has 0 unspecified atom stereocenters. The van der Waals surface area contributed by atoms with Crippen molar-refractivity contribution in [2.24, 2.45) is 0 Å². The molecule has 0 radical (unpaired) electrons. The van der Waals surface area contributed by atoms with Crippen LogP contribution < -0.4 is 15.9 Å². The summed E-state index contributed by atoms with van der Waals surface area (Å²) >= 11 is 0. The summed E-state index contributed by atoms with van der Waals surface area (Å²) in [5.41, 5.74) is 0.299. The normalized spacial score (nSPS) is 12.6. The zero-order chi connectivity index (χ0) is 23.7. The van der Waals surface area contributed by atoms with Crippen molar-refractivity contribution < 1.29 is 19.4 Å². The Morgan fingerprint density at radius 2 is 1.15 bits per heavy atom. The van der Waals surface area contributed by atoms with Crippen molar-refractivity contribution in [2.45, 2.75) is 20.8 Å². The number of rotatable bonds is 9. The second-order valence-corrected chi connectivity index (χ2v) is 10.9. The monoisotopic (exact) mass is 461 g/mol. The highest BCUT2D eigenvalue weighted by molar-refractivity contribution is 7.99. The van der Waals surface area contributed by atoms with Gasteiger partial charge < -0.3 is 14.6 Å². The van der Waals surface area contributed by atoms with Gasteiger partial charge in [-0.2, -0.15) is 0 Å². The maximum Gasteiger partial charge on any atom is 0.342 e. The molecule has 0 bridgehead atoms. The molecule has 5 heteroatoms. The summed E-state index contributed by atoms with van der Waals surface area (Å²) in [6, 6.07) is 30.7. The number of ether oxygens (including phenoxy) is 2. The fourth-order valence-electron chi connectivity index (χ4n) is 4.00. The molecule has 0 aromatic heterocycles. The van der Waals surface area contributed by atoms with Gasteiger partial charge in [0.1, 0.15) is 28.7 Å². The molecule has 0 spiro atoms. The van der Waals surface area contributed by atoms with Crippen molar-refractivity contribution in [3.8, 4) is 0 Å². The van der Waals surface area contributed by atoms with Crippen molar-refractivity contribution in [3.63, 3.8) is 0 Å². The van der Waals surface area contributed by atoms with E-state index < -0.39 is 13.2 Å². The zero-order valence-corrected chi connectivity index (χ0v) is 20.2. The average Bonchev–Trinajstić information content (AvgIpc) is 2.85. The maximum atomic E-state index is 13.2. The van der Waals surface area contributed by atoms with E-state index in [9.17, 15) is 9.90 Å². The van der Waals surface area contributed by atoms with Crippen LogP contribution in [0.2, 0.25) is 0 Å². The van der Waals surface area contributed by atoms with E-state index in [-0.39, 0.29) is 19.2 Å². The smallest absolute Gasteiger partial charge is 0.342 e. The quantitative estimate of drug-likeness (QED) is 0.155. The number of esters is 1. The number of carbonyl (C=O) groups is 1. The molecule has 3 aromatic rings. The third kappa shape index (κ3) is 5.18. The zero-order valence-electron chi connectivity index (χ0n) is 19.3. The number of aliphatic hydroxyl groups is 1. The van der Waals surface area contributed by atoms with E-state index in [0.29, 0.717) is 5.57 Å². The predicted molar refractivity (Wildman–Crippen MR) is 137 cm³/mol. The number of carbonyl (C=O) groups excluding carboxylic acids is 1. The number of benzene rings is 3. The van der Waals surface area contributed by atoms with E-state index >= 15 is 0 Å². The van der Waals surface area contributed by atoms with Gasteiger partial charge >= 0.3 is 5.97 Å². The minimum Gasteiger partial charge on any atom is -0.481 e. The molecule has 0 aliphatic rings. The average molecular weight is 462 g/mol. The highest BCUT2D eigenvalue weighted by Gasteiger charge is 2.49. The van der Waals surface area contributed by atoms with Crippen molar-refractivity contribution in [1.29, 1.82) is 0 Å². The van der Waals surface area contributed by atoms with Crippen LogP contribution in [0.5, 0.6) is 0 Å². The fourth-order valence-corrected chi connectivity index (χ4v) is 8.43. The largest absolute Gasteiger partial charge is 0.481 e. The van der Waals surface area contributed by atoms with Gasteiger partial charge in [0.15, 0.2) is 0 Å². The van der Waals surface area contributed by atoms with Crippen LogP contribution in [-0.2, 0) is 14.3 Å². The first kappa shape index (κ1) is 24.3. The van der Waals surface area contributed by atoms with Crippen LogP contribution in [0.1, 0.15) is 20.8 Å². The van der Waals surface area contributed by atoms with Crippen LogP contribution in [0.3, 0.4) is 0 Å². The summed E-state index contributed by atoms with van der Waals surface area (Å²) in [5, 5.41) is 14.5. The van der Waals surface area contributed by atoms with Gasteiger partial charge in [-0.25, -0.2) is 4.79 Å². The van der Waals surface area contributed by atoms with Crippen LogP contribution >= 0.6 is 7.26 Å². The third-order valence-corrected chi connectivity index (χ3v) is 9.84. The minimum absolute atomic E-state index is 0.228. The lowest BCUT2D eigenvalue weighted by atomic mass is 10.2. The third-order valence-electron chi connectivity index (χ3n) is 5.38. The Balaban J connectivity index is 2.48. The summed E-state index contributed by atoms with van der Waals surface area (Å²) in [6.45, 7) is 6.02. The first-order valence-electron chi connectivity index (χ1n) is 11.0. The first-order chi connectivity index (χ1) is 16.1. The Morgan fingerprint density at radius 1 is 0.758 bits per heavy atom. The van der Waals surface area contributed by atoms with Gasteiger partial charge in [0.2, 0.25) is 0 Å². The predicted octanol–water partition coefficient (Wildman–Crippen LogP) is 5.25. The van der Waals surface area contributed by atoms with Crippen LogP contribution in [0.25, 0.3) is 0 Å². The number of allylic oxidation sites excluding steroid dienone is 1. The highest BCUT2D eigenvalue weighted by Crippen LogP contribution is 2.63. The molecule has 0 saturated carbocycles. The van der Waals surface area contributed by atoms with Crippen LogP contribution in [0, 0.1) is 0 Å². The Bertz CT molecular complexity index is 1010. The molecule has 0 atom stereocenters. The van der Waals surface area contributed by atoms with Crippen molar-refractivity contribution in [3.05, 3.63) is 114 Å². The molecule has 4 nitrogen and oxygen atoms in total. The molecule has 3 rings (SSSR count). The Kier molecular flexibility index (Phi) is 8.46. The number of hydrogen-bond acceptors (Lipinski definition) is 4. The van der Waals surface area contributed by atoms with Crippen LogP contribution in [0.15, 0.2) is 114 Å². The van der Waals surface area contributed by atoms with E-state index in [1.807, 2.05) is 61.5 Å².